The first-order valence-electron chi connectivity index (χ1n) is 11.0. The maximum atomic E-state index is 11.0. The lowest BCUT2D eigenvalue weighted by atomic mass is 10.1. The number of aromatic nitrogens is 1. The average molecular weight is 480 g/mol. The lowest BCUT2D eigenvalue weighted by Gasteiger charge is -2.11. The Bertz CT molecular complexity index is 1100. The summed E-state index contributed by atoms with van der Waals surface area (Å²) in [4.78, 5) is 16.7. The van der Waals surface area contributed by atoms with Crippen LogP contribution in [-0.2, 0) is 17.0 Å². The number of ether oxygens (including phenoxy) is 3. The number of carbonyl (C=O) groups is 1. The first-order chi connectivity index (χ1) is 16.6. The number of aliphatic carboxylic acids is 1. The summed E-state index contributed by atoms with van der Waals surface area (Å²) in [5.74, 6) is 1.84. The minimum Gasteiger partial charge on any atom is -0.497 e. The highest BCUT2D eigenvalue weighted by Gasteiger charge is 2.08. The molecule has 1 heterocycles. The van der Waals surface area contributed by atoms with E-state index >= 15 is 0 Å². The molecule has 0 aliphatic heterocycles. The van der Waals surface area contributed by atoms with Crippen LogP contribution in [0.5, 0.6) is 17.2 Å². The zero-order valence-corrected chi connectivity index (χ0v) is 20.2. The van der Waals surface area contributed by atoms with Gasteiger partial charge in [0.05, 0.1) is 26.5 Å². The van der Waals surface area contributed by atoms with E-state index in [2.05, 4.69) is 17.1 Å². The van der Waals surface area contributed by atoms with Crippen molar-refractivity contribution in [1.82, 2.24) is 4.98 Å². The van der Waals surface area contributed by atoms with Crippen LogP contribution in [0, 0.1) is 0 Å². The van der Waals surface area contributed by atoms with Crippen LogP contribution in [0.15, 0.2) is 71.6 Å². The molecule has 1 aromatic heterocycles. The van der Waals surface area contributed by atoms with E-state index in [9.17, 15) is 4.79 Å². The van der Waals surface area contributed by atoms with Crippen LogP contribution in [0.1, 0.15) is 29.8 Å². The Balaban J connectivity index is 1.57. The average Bonchev–Trinajstić information content (AvgIpc) is 2.87. The number of carboxylic acids is 1. The van der Waals surface area contributed by atoms with Crippen molar-refractivity contribution >= 4 is 23.8 Å². The van der Waals surface area contributed by atoms with Gasteiger partial charge in [-0.2, -0.15) is 0 Å². The minimum atomic E-state index is -1.03. The molecule has 0 fully saturated rings. The number of unbranched alkanes of at least 4 members (excludes halogenated alkanes) is 1. The van der Waals surface area contributed by atoms with Gasteiger partial charge in [0, 0.05) is 16.7 Å². The second kappa shape index (κ2) is 13.3. The summed E-state index contributed by atoms with van der Waals surface area (Å²) < 4.78 is 16.5. The Hall–Kier alpha value is -3.45. The molecule has 0 aliphatic rings. The highest BCUT2D eigenvalue weighted by molar-refractivity contribution is 7.98. The van der Waals surface area contributed by atoms with Crippen LogP contribution in [-0.4, -0.2) is 36.9 Å². The van der Waals surface area contributed by atoms with Crippen molar-refractivity contribution in [2.45, 2.75) is 29.9 Å². The fraction of sp³-hybridized carbons (Fsp3) is 0.259. The lowest BCUT2D eigenvalue weighted by Crippen LogP contribution is -2.02. The molecule has 0 unspecified atom stereocenters. The van der Waals surface area contributed by atoms with Gasteiger partial charge in [0.25, 0.3) is 0 Å². The number of para-hydroxylation sites is 1. The Labute approximate surface area is 204 Å². The topological polar surface area (TPSA) is 77.9 Å². The number of carboxylic acid groups (broad SMARTS) is 1. The van der Waals surface area contributed by atoms with Crippen molar-refractivity contribution in [2.24, 2.45) is 0 Å². The van der Waals surface area contributed by atoms with Crippen LogP contribution in [0.4, 0.5) is 0 Å². The number of hydrogen-bond donors (Lipinski definition) is 1. The number of aryl methyl sites for hydroxylation is 1. The maximum Gasteiger partial charge on any atom is 0.328 e. The van der Waals surface area contributed by atoms with Crippen LogP contribution in [0.3, 0.4) is 0 Å². The Morgan fingerprint density at radius 2 is 1.76 bits per heavy atom. The SMILES string of the molecule is COc1ccc(CCCCOc2ccc(CSc3ccccc3OC)nc2C=CC(=O)O)cc1. The molecule has 0 bridgehead atoms. The summed E-state index contributed by atoms with van der Waals surface area (Å²) in [7, 11) is 3.31. The van der Waals surface area contributed by atoms with Crippen LogP contribution in [0.2, 0.25) is 0 Å². The summed E-state index contributed by atoms with van der Waals surface area (Å²) in [5, 5.41) is 9.05. The Kier molecular flexibility index (Phi) is 9.85. The standard InChI is InChI=1S/C27H29NO5S/c1-31-22-13-10-20(11-14-22)7-5-6-18-33-24-16-12-21(28-23(24)15-17-27(29)30)19-34-26-9-4-3-8-25(26)32-2/h3-4,8-17H,5-7,18-19H2,1-2H3,(H,29,30). The molecule has 0 atom stereocenters. The van der Waals surface area contributed by atoms with Gasteiger partial charge in [0.15, 0.2) is 0 Å². The number of benzene rings is 2. The van der Waals surface area contributed by atoms with E-state index < -0.39 is 5.97 Å². The van der Waals surface area contributed by atoms with Crippen molar-refractivity contribution in [3.8, 4) is 17.2 Å². The fourth-order valence-corrected chi connectivity index (χ4v) is 4.20. The van der Waals surface area contributed by atoms with E-state index in [0.29, 0.717) is 23.8 Å². The van der Waals surface area contributed by atoms with Crippen molar-refractivity contribution in [2.75, 3.05) is 20.8 Å². The smallest absolute Gasteiger partial charge is 0.328 e. The van der Waals surface area contributed by atoms with E-state index in [-0.39, 0.29) is 0 Å². The maximum absolute atomic E-state index is 11.0. The third kappa shape index (κ3) is 7.85. The van der Waals surface area contributed by atoms with Crippen LogP contribution in [0.25, 0.3) is 6.08 Å². The van der Waals surface area contributed by atoms with Crippen molar-refractivity contribution < 1.29 is 24.1 Å². The molecule has 3 rings (SSSR count). The largest absolute Gasteiger partial charge is 0.497 e. The van der Waals surface area contributed by atoms with Gasteiger partial charge in [-0.15, -0.1) is 11.8 Å². The molecular formula is C27H29NO5S. The van der Waals surface area contributed by atoms with Gasteiger partial charge in [-0.3, -0.25) is 0 Å². The number of nitrogens with zero attached hydrogens (tertiary/aromatic N) is 1. The van der Waals surface area contributed by atoms with Gasteiger partial charge in [0.1, 0.15) is 22.9 Å². The zero-order chi connectivity index (χ0) is 24.2. The highest BCUT2D eigenvalue weighted by Crippen LogP contribution is 2.31. The molecule has 0 spiro atoms. The summed E-state index contributed by atoms with van der Waals surface area (Å²) in [6, 6.07) is 19.6. The number of hydrogen-bond acceptors (Lipinski definition) is 6. The second-order valence-corrected chi connectivity index (χ2v) is 8.47. The van der Waals surface area contributed by atoms with E-state index in [1.165, 1.54) is 11.6 Å². The molecule has 34 heavy (non-hydrogen) atoms. The molecule has 7 heteroatoms. The molecule has 0 saturated heterocycles. The van der Waals surface area contributed by atoms with Crippen molar-refractivity contribution in [1.29, 1.82) is 0 Å². The van der Waals surface area contributed by atoms with Crippen LogP contribution >= 0.6 is 11.8 Å². The molecule has 6 nitrogen and oxygen atoms in total. The molecule has 178 valence electrons. The first-order valence-corrected chi connectivity index (χ1v) is 12.0. The summed E-state index contributed by atoms with van der Waals surface area (Å²) in [6.45, 7) is 0.529. The highest BCUT2D eigenvalue weighted by atomic mass is 32.2. The van der Waals surface area contributed by atoms with E-state index in [0.717, 1.165) is 47.4 Å². The van der Waals surface area contributed by atoms with Gasteiger partial charge in [0.2, 0.25) is 0 Å². The third-order valence-electron chi connectivity index (χ3n) is 5.05. The zero-order valence-electron chi connectivity index (χ0n) is 19.4. The van der Waals surface area contributed by atoms with Gasteiger partial charge >= 0.3 is 5.97 Å². The summed E-state index contributed by atoms with van der Waals surface area (Å²) in [6.07, 6.45) is 5.37. The van der Waals surface area contributed by atoms with E-state index in [1.807, 2.05) is 48.5 Å². The van der Waals surface area contributed by atoms with Crippen molar-refractivity contribution in [3.63, 3.8) is 0 Å². The fourth-order valence-electron chi connectivity index (χ4n) is 3.27. The quantitative estimate of drug-likeness (QED) is 0.186. The molecule has 0 saturated carbocycles. The van der Waals surface area contributed by atoms with Gasteiger partial charge in [-0.25, -0.2) is 9.78 Å². The first kappa shape index (κ1) is 25.2. The number of methoxy groups -OCH3 is 2. The third-order valence-corrected chi connectivity index (χ3v) is 6.14. The normalized spacial score (nSPS) is 10.9. The molecule has 0 radical (unpaired) electrons. The molecule has 0 aliphatic carbocycles. The van der Waals surface area contributed by atoms with Crippen molar-refractivity contribution in [3.05, 3.63) is 83.7 Å². The van der Waals surface area contributed by atoms with Gasteiger partial charge in [-0.05, 0) is 67.3 Å². The molecule has 2 aromatic carbocycles. The van der Waals surface area contributed by atoms with Gasteiger partial charge in [-0.1, -0.05) is 24.3 Å². The second-order valence-electron chi connectivity index (χ2n) is 7.45. The predicted octanol–water partition coefficient (Wildman–Crippen LogP) is 5.89. The molecule has 0 amide bonds. The number of pyridine rings is 1. The Morgan fingerprint density at radius 3 is 2.50 bits per heavy atom. The minimum absolute atomic E-state index is 0.510. The summed E-state index contributed by atoms with van der Waals surface area (Å²) >= 11 is 1.61. The number of rotatable bonds is 13. The van der Waals surface area contributed by atoms with Crippen LogP contribution < -0.4 is 14.2 Å². The number of thioether (sulfide) groups is 1. The monoisotopic (exact) mass is 479 g/mol. The lowest BCUT2D eigenvalue weighted by molar-refractivity contribution is -0.131. The Morgan fingerprint density at radius 1 is 0.971 bits per heavy atom. The molecule has 1 N–H and O–H groups in total. The van der Waals surface area contributed by atoms with Gasteiger partial charge < -0.3 is 19.3 Å². The van der Waals surface area contributed by atoms with E-state index in [4.69, 9.17) is 19.3 Å². The molecular weight excluding hydrogens is 450 g/mol. The summed E-state index contributed by atoms with van der Waals surface area (Å²) in [5.41, 5.74) is 2.59. The predicted molar refractivity (Wildman–Crippen MR) is 135 cm³/mol. The molecule has 3 aromatic rings. The van der Waals surface area contributed by atoms with E-state index in [1.54, 1.807) is 26.0 Å².